The molecule has 0 spiro atoms. The summed E-state index contributed by atoms with van der Waals surface area (Å²) in [5, 5.41) is 16.3. The quantitative estimate of drug-likeness (QED) is 0.534. The van der Waals surface area contributed by atoms with Crippen LogP contribution in [0.1, 0.15) is 57.6 Å². The Hall–Kier alpha value is -3.10. The van der Waals surface area contributed by atoms with Crippen LogP contribution in [-0.4, -0.2) is 44.6 Å². The van der Waals surface area contributed by atoms with E-state index in [0.717, 1.165) is 43.4 Å². The topological polar surface area (TPSA) is 116 Å². The first kappa shape index (κ1) is 23.6. The van der Waals surface area contributed by atoms with E-state index in [1.807, 2.05) is 19.2 Å². The number of hydrogen-bond acceptors (Lipinski definition) is 6. The Bertz CT molecular complexity index is 896. The summed E-state index contributed by atoms with van der Waals surface area (Å²) in [7, 11) is 1.81. The second kappa shape index (κ2) is 11.5. The molecule has 0 aliphatic heterocycles. The number of amides is 1. The maximum Gasteiger partial charge on any atom is 0.407 e. The average molecular weight is 445 g/mol. The highest BCUT2D eigenvalue weighted by Crippen LogP contribution is 2.29. The monoisotopic (exact) mass is 444 g/mol. The molecule has 0 aromatic carbocycles. The second-order valence-corrected chi connectivity index (χ2v) is 8.15. The lowest BCUT2D eigenvalue weighted by Gasteiger charge is -2.27. The van der Waals surface area contributed by atoms with E-state index in [4.69, 9.17) is 9.47 Å². The van der Waals surface area contributed by atoms with Crippen molar-refractivity contribution >= 4 is 12.1 Å². The number of ether oxygens (including phenoxy) is 2. The summed E-state index contributed by atoms with van der Waals surface area (Å²) >= 11 is 0. The van der Waals surface area contributed by atoms with Gasteiger partial charge < -0.3 is 19.9 Å². The summed E-state index contributed by atoms with van der Waals surface area (Å²) in [6.45, 7) is 2.79. The number of rotatable bonds is 10. The van der Waals surface area contributed by atoms with Crippen LogP contribution in [0.15, 0.2) is 24.5 Å². The van der Waals surface area contributed by atoms with Crippen molar-refractivity contribution in [2.45, 2.75) is 64.5 Å². The molecular formula is C23H32N4O5. The Morgan fingerprint density at radius 1 is 1.25 bits per heavy atom. The van der Waals surface area contributed by atoms with Crippen LogP contribution in [0.2, 0.25) is 0 Å². The van der Waals surface area contributed by atoms with Crippen LogP contribution in [0, 0.1) is 5.92 Å². The number of carbonyl (C=O) groups excluding carboxylic acids is 1. The SMILES string of the molecule is CCCCCOC(=O)NCc1c(-c2ccc(O[C@H]3CCC[C@H](C(=O)O)C3)cn2)cnn1C. The Balaban J connectivity index is 1.58. The van der Waals surface area contributed by atoms with Crippen LogP contribution in [0.25, 0.3) is 11.3 Å². The third kappa shape index (κ3) is 6.45. The number of alkyl carbamates (subject to hydrolysis) is 1. The van der Waals surface area contributed by atoms with Crippen LogP contribution in [0.3, 0.4) is 0 Å². The molecule has 2 aromatic rings. The van der Waals surface area contributed by atoms with E-state index in [9.17, 15) is 14.7 Å². The first-order valence-corrected chi connectivity index (χ1v) is 11.2. The van der Waals surface area contributed by atoms with Crippen molar-refractivity contribution in [3.8, 4) is 17.0 Å². The van der Waals surface area contributed by atoms with E-state index in [1.54, 1.807) is 17.1 Å². The van der Waals surface area contributed by atoms with Gasteiger partial charge >= 0.3 is 12.1 Å². The van der Waals surface area contributed by atoms with Gasteiger partial charge in [-0.25, -0.2) is 4.79 Å². The van der Waals surface area contributed by atoms with Gasteiger partial charge in [0.25, 0.3) is 0 Å². The minimum Gasteiger partial charge on any atom is -0.489 e. The van der Waals surface area contributed by atoms with Gasteiger partial charge in [0.05, 0.1) is 49.0 Å². The third-order valence-corrected chi connectivity index (χ3v) is 5.73. The van der Waals surface area contributed by atoms with E-state index in [-0.39, 0.29) is 18.6 Å². The highest BCUT2D eigenvalue weighted by atomic mass is 16.5. The van der Waals surface area contributed by atoms with Crippen molar-refractivity contribution < 1.29 is 24.2 Å². The molecule has 0 unspecified atom stereocenters. The van der Waals surface area contributed by atoms with Gasteiger partial charge in [-0.15, -0.1) is 0 Å². The number of unbranched alkanes of at least 4 members (excludes halogenated alkanes) is 2. The third-order valence-electron chi connectivity index (χ3n) is 5.73. The van der Waals surface area contributed by atoms with Crippen LogP contribution in [-0.2, 0) is 23.1 Å². The summed E-state index contributed by atoms with van der Waals surface area (Å²) in [5.74, 6) is -0.483. The molecule has 2 atom stereocenters. The smallest absolute Gasteiger partial charge is 0.407 e. The summed E-state index contributed by atoms with van der Waals surface area (Å²) in [5.41, 5.74) is 2.34. The Morgan fingerprint density at radius 3 is 2.81 bits per heavy atom. The number of pyridine rings is 1. The largest absolute Gasteiger partial charge is 0.489 e. The number of carbonyl (C=O) groups is 2. The van der Waals surface area contributed by atoms with Crippen LogP contribution < -0.4 is 10.1 Å². The van der Waals surface area contributed by atoms with Gasteiger partial charge in [-0.1, -0.05) is 19.8 Å². The molecule has 0 saturated heterocycles. The van der Waals surface area contributed by atoms with E-state index in [0.29, 0.717) is 30.9 Å². The van der Waals surface area contributed by atoms with Gasteiger partial charge in [0.15, 0.2) is 0 Å². The summed E-state index contributed by atoms with van der Waals surface area (Å²) in [6, 6.07) is 3.68. The van der Waals surface area contributed by atoms with Gasteiger partial charge in [0, 0.05) is 12.6 Å². The molecule has 1 amide bonds. The van der Waals surface area contributed by atoms with Crippen molar-refractivity contribution in [1.29, 1.82) is 0 Å². The van der Waals surface area contributed by atoms with Crippen molar-refractivity contribution in [3.63, 3.8) is 0 Å². The maximum atomic E-state index is 11.9. The molecule has 9 heteroatoms. The van der Waals surface area contributed by atoms with Gasteiger partial charge in [-0.3, -0.25) is 14.5 Å². The summed E-state index contributed by atoms with van der Waals surface area (Å²) in [6.07, 6.45) is 8.68. The minimum atomic E-state index is -0.755. The number of nitrogens with one attached hydrogen (secondary N) is 1. The first-order chi connectivity index (χ1) is 15.5. The zero-order valence-corrected chi connectivity index (χ0v) is 18.7. The summed E-state index contributed by atoms with van der Waals surface area (Å²) in [4.78, 5) is 27.7. The molecule has 0 radical (unpaired) electrons. The molecule has 9 nitrogen and oxygen atoms in total. The van der Waals surface area contributed by atoms with E-state index < -0.39 is 12.1 Å². The average Bonchev–Trinajstić information content (AvgIpc) is 3.16. The number of aliphatic carboxylic acids is 1. The van der Waals surface area contributed by atoms with E-state index in [1.165, 1.54) is 0 Å². The van der Waals surface area contributed by atoms with Crippen LogP contribution in [0.4, 0.5) is 4.79 Å². The first-order valence-electron chi connectivity index (χ1n) is 11.2. The molecular weight excluding hydrogens is 412 g/mol. The number of aromatic nitrogens is 3. The lowest BCUT2D eigenvalue weighted by Crippen LogP contribution is -2.29. The molecule has 32 heavy (non-hydrogen) atoms. The molecule has 2 N–H and O–H groups in total. The maximum absolute atomic E-state index is 11.9. The Labute approximate surface area is 188 Å². The van der Waals surface area contributed by atoms with E-state index in [2.05, 4.69) is 22.3 Å². The Morgan fingerprint density at radius 2 is 2.09 bits per heavy atom. The van der Waals surface area contributed by atoms with Crippen molar-refractivity contribution in [2.75, 3.05) is 6.61 Å². The number of nitrogens with zero attached hydrogens (tertiary/aromatic N) is 3. The normalized spacial score (nSPS) is 18.2. The summed E-state index contributed by atoms with van der Waals surface area (Å²) < 4.78 is 12.9. The second-order valence-electron chi connectivity index (χ2n) is 8.15. The lowest BCUT2D eigenvalue weighted by atomic mass is 9.87. The van der Waals surface area contributed by atoms with Crippen molar-refractivity contribution in [1.82, 2.24) is 20.1 Å². The number of carboxylic acids is 1. The minimum absolute atomic E-state index is 0.112. The lowest BCUT2D eigenvalue weighted by molar-refractivity contribution is -0.143. The standard InChI is InChI=1S/C23H32N4O5/c1-3-4-5-11-31-23(30)25-15-21-19(14-26-27(21)2)20-10-9-18(13-24-20)32-17-8-6-7-16(12-17)22(28)29/h9-10,13-14,16-17H,3-8,11-12,15H2,1-2H3,(H,25,30)(H,28,29)/t16-,17-/m0/s1. The molecule has 174 valence electrons. The highest BCUT2D eigenvalue weighted by molar-refractivity contribution is 5.70. The van der Waals surface area contributed by atoms with E-state index >= 15 is 0 Å². The fraction of sp³-hybridized carbons (Fsp3) is 0.565. The fourth-order valence-corrected chi connectivity index (χ4v) is 3.89. The van der Waals surface area contributed by atoms with Gasteiger partial charge in [-0.05, 0) is 44.2 Å². The number of aryl methyl sites for hydroxylation is 1. The highest BCUT2D eigenvalue weighted by Gasteiger charge is 2.28. The predicted molar refractivity (Wildman–Crippen MR) is 118 cm³/mol. The molecule has 1 aliphatic rings. The molecule has 2 heterocycles. The van der Waals surface area contributed by atoms with Gasteiger partial charge in [0.1, 0.15) is 5.75 Å². The Kier molecular flexibility index (Phi) is 8.47. The van der Waals surface area contributed by atoms with Gasteiger partial charge in [-0.2, -0.15) is 5.10 Å². The van der Waals surface area contributed by atoms with Crippen LogP contribution in [0.5, 0.6) is 5.75 Å². The van der Waals surface area contributed by atoms with Gasteiger partial charge in [0.2, 0.25) is 0 Å². The number of hydrogen-bond donors (Lipinski definition) is 2. The molecule has 1 fully saturated rings. The molecule has 3 rings (SSSR count). The number of carboxylic acid groups (broad SMARTS) is 1. The molecule has 1 saturated carbocycles. The van der Waals surface area contributed by atoms with Crippen molar-refractivity contribution in [2.24, 2.45) is 13.0 Å². The zero-order valence-electron chi connectivity index (χ0n) is 18.7. The fourth-order valence-electron chi connectivity index (χ4n) is 3.89. The molecule has 2 aromatic heterocycles. The predicted octanol–water partition coefficient (Wildman–Crippen LogP) is 3.92. The zero-order chi connectivity index (χ0) is 22.9. The van der Waals surface area contributed by atoms with Crippen molar-refractivity contribution in [3.05, 3.63) is 30.2 Å². The van der Waals surface area contributed by atoms with Crippen LogP contribution >= 0.6 is 0 Å². The molecule has 1 aliphatic carbocycles. The molecule has 0 bridgehead atoms.